The molecule has 0 aliphatic carbocycles. The molecule has 0 radical (unpaired) electrons. The van der Waals surface area contributed by atoms with Crippen molar-refractivity contribution >= 4 is 17.9 Å². The zero-order chi connectivity index (χ0) is 9.42. The van der Waals surface area contributed by atoms with Crippen LogP contribution in [0.25, 0.3) is 0 Å². The molecule has 0 saturated carbocycles. The predicted molar refractivity (Wildman–Crippen MR) is 43.8 cm³/mol. The average Bonchev–Trinajstić information content (AvgIpc) is 2.42. The molecule has 1 atom stereocenters. The minimum Gasteiger partial charge on any atom is -0.325 e. The van der Waals surface area contributed by atoms with Gasteiger partial charge in [0, 0.05) is 11.3 Å². The predicted octanol–water partition coefficient (Wildman–Crippen LogP) is 1.06. The van der Waals surface area contributed by atoms with E-state index in [4.69, 9.17) is 0 Å². The van der Waals surface area contributed by atoms with Gasteiger partial charge < -0.3 is 10.1 Å². The summed E-state index contributed by atoms with van der Waals surface area (Å²) in [6.07, 6.45) is 0.449. The molecule has 1 aliphatic heterocycles. The first-order valence-corrected chi connectivity index (χ1v) is 3.78. The lowest BCUT2D eigenvalue weighted by atomic mass is 10.0. The summed E-state index contributed by atoms with van der Waals surface area (Å²) in [6.45, 7) is 0. The van der Waals surface area contributed by atoms with Crippen LogP contribution in [0.15, 0.2) is 18.2 Å². The third kappa shape index (κ3) is 1.02. The fraction of sp³-hybridized carbons (Fsp3) is 0.111. The van der Waals surface area contributed by atoms with Crippen molar-refractivity contribution < 1.29 is 14.0 Å². The summed E-state index contributed by atoms with van der Waals surface area (Å²) < 4.78 is 13.2. The Balaban J connectivity index is 2.62. The highest BCUT2D eigenvalue weighted by Crippen LogP contribution is 2.32. The molecule has 1 aromatic rings. The van der Waals surface area contributed by atoms with E-state index < -0.39 is 17.6 Å². The van der Waals surface area contributed by atoms with Crippen LogP contribution in [-0.2, 0) is 9.59 Å². The number of aldehydes is 1. The van der Waals surface area contributed by atoms with E-state index in [2.05, 4.69) is 5.32 Å². The fourth-order valence-electron chi connectivity index (χ4n) is 1.43. The summed E-state index contributed by atoms with van der Waals surface area (Å²) in [5.41, 5.74) is 0.546. The number of amides is 1. The molecule has 1 unspecified atom stereocenters. The van der Waals surface area contributed by atoms with Gasteiger partial charge in [0.2, 0.25) is 5.91 Å². The Bertz CT molecular complexity index is 389. The van der Waals surface area contributed by atoms with E-state index in [0.717, 1.165) is 0 Å². The second-order valence-corrected chi connectivity index (χ2v) is 2.80. The van der Waals surface area contributed by atoms with Gasteiger partial charge in [0.15, 0.2) is 0 Å². The van der Waals surface area contributed by atoms with Crippen molar-refractivity contribution in [3.05, 3.63) is 29.6 Å². The molecule has 4 heteroatoms. The van der Waals surface area contributed by atoms with Gasteiger partial charge in [0.25, 0.3) is 0 Å². The first-order valence-electron chi connectivity index (χ1n) is 3.78. The third-order valence-electron chi connectivity index (χ3n) is 2.04. The minimum absolute atomic E-state index is 0.155. The smallest absolute Gasteiger partial charge is 0.239 e. The van der Waals surface area contributed by atoms with Crippen LogP contribution in [0.2, 0.25) is 0 Å². The number of halogens is 1. The van der Waals surface area contributed by atoms with Gasteiger partial charge in [-0.15, -0.1) is 0 Å². The maximum absolute atomic E-state index is 13.2. The quantitative estimate of drug-likeness (QED) is 0.517. The highest BCUT2D eigenvalue weighted by molar-refractivity contribution is 6.11. The highest BCUT2D eigenvalue weighted by atomic mass is 19.1. The van der Waals surface area contributed by atoms with Crippen LogP contribution in [0.3, 0.4) is 0 Å². The maximum atomic E-state index is 13.2. The minimum atomic E-state index is -0.990. The highest BCUT2D eigenvalue weighted by Gasteiger charge is 2.32. The molecule has 0 saturated heterocycles. The Hall–Kier alpha value is -1.71. The topological polar surface area (TPSA) is 46.2 Å². The summed E-state index contributed by atoms with van der Waals surface area (Å²) in [5.74, 6) is -1.97. The summed E-state index contributed by atoms with van der Waals surface area (Å²) >= 11 is 0. The van der Waals surface area contributed by atoms with Crippen LogP contribution >= 0.6 is 0 Å². The fourth-order valence-corrected chi connectivity index (χ4v) is 1.43. The SMILES string of the molecule is O=CC1C(=O)Nc2cccc(F)c21. The number of carbonyl (C=O) groups is 2. The van der Waals surface area contributed by atoms with Crippen molar-refractivity contribution in [3.63, 3.8) is 0 Å². The largest absolute Gasteiger partial charge is 0.325 e. The first-order chi connectivity index (χ1) is 6.24. The number of benzene rings is 1. The molecule has 1 aromatic carbocycles. The normalized spacial score (nSPS) is 19.5. The van der Waals surface area contributed by atoms with Gasteiger partial charge in [0.05, 0.1) is 0 Å². The van der Waals surface area contributed by atoms with E-state index in [1.807, 2.05) is 0 Å². The number of anilines is 1. The molecular weight excluding hydrogens is 173 g/mol. The van der Waals surface area contributed by atoms with Gasteiger partial charge in [-0.3, -0.25) is 4.79 Å². The van der Waals surface area contributed by atoms with Crippen molar-refractivity contribution in [1.29, 1.82) is 0 Å². The molecule has 3 nitrogen and oxygen atoms in total. The van der Waals surface area contributed by atoms with Crippen molar-refractivity contribution in [2.45, 2.75) is 5.92 Å². The standard InChI is InChI=1S/C9H6FNO2/c10-6-2-1-3-7-8(6)5(4-12)9(13)11-7/h1-5H,(H,11,13). The molecular formula is C9H6FNO2. The molecule has 0 bridgehead atoms. The Morgan fingerprint density at radius 3 is 2.92 bits per heavy atom. The summed E-state index contributed by atoms with van der Waals surface area (Å²) in [5, 5.41) is 2.43. The van der Waals surface area contributed by atoms with Gasteiger partial charge >= 0.3 is 0 Å². The lowest BCUT2D eigenvalue weighted by Gasteiger charge is -2.00. The molecule has 2 rings (SSSR count). The van der Waals surface area contributed by atoms with Crippen molar-refractivity contribution in [1.82, 2.24) is 0 Å². The lowest BCUT2D eigenvalue weighted by molar-refractivity contribution is -0.121. The number of nitrogens with one attached hydrogen (secondary N) is 1. The Morgan fingerprint density at radius 2 is 2.23 bits per heavy atom. The summed E-state index contributed by atoms with van der Waals surface area (Å²) in [6, 6.07) is 4.29. The lowest BCUT2D eigenvalue weighted by Crippen LogP contribution is -2.13. The zero-order valence-electron chi connectivity index (χ0n) is 6.58. The molecule has 1 aliphatic rings. The first kappa shape index (κ1) is 7.91. The van der Waals surface area contributed by atoms with Crippen LogP contribution in [0, 0.1) is 5.82 Å². The van der Waals surface area contributed by atoms with Crippen molar-refractivity contribution in [3.8, 4) is 0 Å². The van der Waals surface area contributed by atoms with E-state index >= 15 is 0 Å². The molecule has 0 spiro atoms. The van der Waals surface area contributed by atoms with Crippen LogP contribution in [0.5, 0.6) is 0 Å². The van der Waals surface area contributed by atoms with Crippen LogP contribution in [0.1, 0.15) is 11.5 Å². The van der Waals surface area contributed by atoms with Crippen molar-refractivity contribution in [2.24, 2.45) is 0 Å². The number of carbonyl (C=O) groups excluding carboxylic acids is 2. The second-order valence-electron chi connectivity index (χ2n) is 2.80. The summed E-state index contributed by atoms with van der Waals surface area (Å²) in [4.78, 5) is 21.6. The van der Waals surface area contributed by atoms with Crippen LogP contribution < -0.4 is 5.32 Å². The molecule has 0 aromatic heterocycles. The van der Waals surface area contributed by atoms with Gasteiger partial charge in [-0.2, -0.15) is 0 Å². The monoisotopic (exact) mass is 179 g/mol. The van der Waals surface area contributed by atoms with E-state index in [1.54, 1.807) is 6.07 Å². The Labute approximate surface area is 73.6 Å². The van der Waals surface area contributed by atoms with Crippen LogP contribution in [0.4, 0.5) is 10.1 Å². The zero-order valence-corrected chi connectivity index (χ0v) is 6.58. The third-order valence-corrected chi connectivity index (χ3v) is 2.04. The molecule has 66 valence electrons. The second kappa shape index (κ2) is 2.65. The molecule has 1 amide bonds. The Kier molecular flexibility index (Phi) is 1.62. The van der Waals surface area contributed by atoms with Gasteiger partial charge in [-0.05, 0) is 12.1 Å². The molecule has 0 fully saturated rings. The van der Waals surface area contributed by atoms with Crippen molar-refractivity contribution in [2.75, 3.05) is 5.32 Å². The maximum Gasteiger partial charge on any atom is 0.239 e. The van der Waals surface area contributed by atoms with E-state index in [-0.39, 0.29) is 5.56 Å². The van der Waals surface area contributed by atoms with Crippen LogP contribution in [-0.4, -0.2) is 12.2 Å². The van der Waals surface area contributed by atoms with E-state index in [9.17, 15) is 14.0 Å². The number of fused-ring (bicyclic) bond motifs is 1. The number of hydrogen-bond acceptors (Lipinski definition) is 2. The van der Waals surface area contributed by atoms with Gasteiger partial charge in [-0.25, -0.2) is 4.39 Å². The molecule has 13 heavy (non-hydrogen) atoms. The van der Waals surface area contributed by atoms with E-state index in [1.165, 1.54) is 12.1 Å². The summed E-state index contributed by atoms with van der Waals surface area (Å²) in [7, 11) is 0. The van der Waals surface area contributed by atoms with Gasteiger partial charge in [0.1, 0.15) is 18.0 Å². The Morgan fingerprint density at radius 1 is 1.46 bits per heavy atom. The van der Waals surface area contributed by atoms with Gasteiger partial charge in [-0.1, -0.05) is 6.07 Å². The number of rotatable bonds is 1. The number of hydrogen-bond donors (Lipinski definition) is 1. The average molecular weight is 179 g/mol. The molecule has 1 heterocycles. The van der Waals surface area contributed by atoms with E-state index in [0.29, 0.717) is 12.0 Å². The molecule has 1 N–H and O–H groups in total.